The molecule has 111 valence electrons. The Labute approximate surface area is 125 Å². The molecule has 0 atom stereocenters. The molecule has 1 radical (unpaired) electrons. The highest BCUT2D eigenvalue weighted by Crippen LogP contribution is 2.16. The fourth-order valence-corrected chi connectivity index (χ4v) is 2.85. The lowest BCUT2D eigenvalue weighted by atomic mass is 10.1. The Morgan fingerprint density at radius 1 is 1.29 bits per heavy atom. The van der Waals surface area contributed by atoms with Crippen molar-refractivity contribution in [1.82, 2.24) is 14.8 Å². The quantitative estimate of drug-likeness (QED) is 0.937. The van der Waals surface area contributed by atoms with Crippen molar-refractivity contribution in [3.05, 3.63) is 36.0 Å². The number of benzene rings is 1. The molecule has 0 spiro atoms. The van der Waals surface area contributed by atoms with Crippen molar-refractivity contribution in [3.63, 3.8) is 0 Å². The molecule has 4 nitrogen and oxygen atoms in total. The minimum Gasteiger partial charge on any atom is -0.361 e. The normalized spacial score (nSPS) is 16.5. The smallest absolute Gasteiger partial charge is 0.254 e. The van der Waals surface area contributed by atoms with E-state index in [9.17, 15) is 4.79 Å². The van der Waals surface area contributed by atoms with E-state index in [-0.39, 0.29) is 5.91 Å². The van der Waals surface area contributed by atoms with Crippen LogP contribution < -0.4 is 0 Å². The number of nitrogens with one attached hydrogen (secondary N) is 1. The summed E-state index contributed by atoms with van der Waals surface area (Å²) in [6.07, 6.45) is 4.26. The van der Waals surface area contributed by atoms with Gasteiger partial charge >= 0.3 is 0 Å². The van der Waals surface area contributed by atoms with Crippen LogP contribution in [0.2, 0.25) is 0 Å². The number of rotatable bonds is 4. The van der Waals surface area contributed by atoms with Gasteiger partial charge in [0.1, 0.15) is 0 Å². The van der Waals surface area contributed by atoms with Crippen molar-refractivity contribution in [2.24, 2.45) is 0 Å². The van der Waals surface area contributed by atoms with Gasteiger partial charge in [0.15, 0.2) is 0 Å². The molecule has 1 amide bonds. The van der Waals surface area contributed by atoms with Gasteiger partial charge < -0.3 is 9.88 Å². The van der Waals surface area contributed by atoms with E-state index in [1.807, 2.05) is 23.1 Å². The van der Waals surface area contributed by atoms with Gasteiger partial charge in [0.05, 0.1) is 0 Å². The monoisotopic (exact) mass is 284 g/mol. The molecule has 0 unspecified atom stereocenters. The van der Waals surface area contributed by atoms with Crippen LogP contribution in [0.25, 0.3) is 10.9 Å². The third kappa shape index (κ3) is 3.10. The molecule has 0 bridgehead atoms. The summed E-state index contributed by atoms with van der Waals surface area (Å²) >= 11 is 0. The Bertz CT molecular complexity index is 611. The van der Waals surface area contributed by atoms with Crippen molar-refractivity contribution in [2.45, 2.75) is 19.8 Å². The number of carbonyl (C=O) groups excluding carboxylic acids is 1. The molecule has 0 aliphatic carbocycles. The van der Waals surface area contributed by atoms with Gasteiger partial charge in [0.25, 0.3) is 5.91 Å². The first-order chi connectivity index (χ1) is 10.3. The first kappa shape index (κ1) is 14.1. The summed E-state index contributed by atoms with van der Waals surface area (Å²) in [4.78, 5) is 20.1. The van der Waals surface area contributed by atoms with Crippen molar-refractivity contribution < 1.29 is 4.79 Å². The number of aromatic nitrogens is 1. The van der Waals surface area contributed by atoms with E-state index in [0.717, 1.165) is 49.2 Å². The highest BCUT2D eigenvalue weighted by atomic mass is 16.2. The summed E-state index contributed by atoms with van der Waals surface area (Å²) in [5, 5.41) is 1.02. The molecular formula is C17H22N3O. The third-order valence-electron chi connectivity index (χ3n) is 4.21. The average molecular weight is 284 g/mol. The fourth-order valence-electron chi connectivity index (χ4n) is 2.85. The molecule has 3 rings (SSSR count). The van der Waals surface area contributed by atoms with Crippen molar-refractivity contribution in [3.8, 4) is 0 Å². The van der Waals surface area contributed by atoms with E-state index in [1.165, 1.54) is 12.8 Å². The van der Waals surface area contributed by atoms with Gasteiger partial charge in [-0.25, -0.2) is 0 Å². The summed E-state index contributed by atoms with van der Waals surface area (Å²) in [5.74, 6) is 0.140. The van der Waals surface area contributed by atoms with Gasteiger partial charge in [0.2, 0.25) is 0 Å². The molecule has 0 saturated carbocycles. The number of H-pyrrole nitrogens is 1. The maximum absolute atomic E-state index is 12.6. The molecule has 1 N–H and O–H groups in total. The van der Waals surface area contributed by atoms with Gasteiger partial charge in [-0.2, -0.15) is 0 Å². The number of unbranched alkanes of at least 4 members (excludes halogenated alkanes) is 1. The van der Waals surface area contributed by atoms with Gasteiger partial charge in [-0.15, -0.1) is 0 Å². The largest absolute Gasteiger partial charge is 0.361 e. The first-order valence-corrected chi connectivity index (χ1v) is 7.78. The average Bonchev–Trinajstić information content (AvgIpc) is 3.00. The van der Waals surface area contributed by atoms with Gasteiger partial charge in [0, 0.05) is 54.9 Å². The summed E-state index contributed by atoms with van der Waals surface area (Å²) in [6, 6.07) is 8.89. The molecule has 1 fully saturated rings. The fraction of sp³-hybridized carbons (Fsp3) is 0.471. The Hall–Kier alpha value is -1.81. The minimum atomic E-state index is 0.140. The standard InChI is InChI=1S/C17H22N3O/c1-2-3-8-19-9-11-20(12-10-19)17(21)15-5-4-14-6-7-18-16(14)13-15/h4-5,7,13,18H,2-3,8-12H2,1H3. The molecule has 1 saturated heterocycles. The number of aromatic amines is 1. The molecule has 21 heavy (non-hydrogen) atoms. The molecule has 4 heteroatoms. The third-order valence-corrected chi connectivity index (χ3v) is 4.21. The Morgan fingerprint density at radius 2 is 2.10 bits per heavy atom. The Morgan fingerprint density at radius 3 is 2.86 bits per heavy atom. The molecule has 1 aliphatic heterocycles. The number of nitrogens with zero attached hydrogens (tertiary/aromatic N) is 2. The summed E-state index contributed by atoms with van der Waals surface area (Å²) in [7, 11) is 0. The van der Waals surface area contributed by atoms with E-state index >= 15 is 0 Å². The van der Waals surface area contributed by atoms with E-state index in [2.05, 4.69) is 22.9 Å². The molecule has 1 aromatic carbocycles. The number of piperazine rings is 1. The SMILES string of the molecule is CCCCN1CCN(C(=O)c2ccc3[c]c[nH]c3c2)CC1. The van der Waals surface area contributed by atoms with E-state index < -0.39 is 0 Å². The van der Waals surface area contributed by atoms with Crippen molar-refractivity contribution >= 4 is 16.8 Å². The summed E-state index contributed by atoms with van der Waals surface area (Å²) in [6.45, 7) is 7.01. The zero-order valence-corrected chi connectivity index (χ0v) is 12.6. The number of fused-ring (bicyclic) bond motifs is 1. The van der Waals surface area contributed by atoms with Crippen LogP contribution in [0.5, 0.6) is 0 Å². The number of amides is 1. The summed E-state index contributed by atoms with van der Waals surface area (Å²) < 4.78 is 0. The highest BCUT2D eigenvalue weighted by molar-refractivity contribution is 5.97. The predicted octanol–water partition coefficient (Wildman–Crippen LogP) is 2.53. The van der Waals surface area contributed by atoms with Crippen LogP contribution in [0.4, 0.5) is 0 Å². The lowest BCUT2D eigenvalue weighted by molar-refractivity contribution is 0.0636. The molecule has 2 aromatic rings. The van der Waals surface area contributed by atoms with Crippen LogP contribution in [0.15, 0.2) is 24.4 Å². The van der Waals surface area contributed by atoms with Gasteiger partial charge in [-0.1, -0.05) is 19.4 Å². The zero-order valence-electron chi connectivity index (χ0n) is 12.6. The van der Waals surface area contributed by atoms with Crippen LogP contribution in [-0.4, -0.2) is 53.4 Å². The molecule has 1 aromatic heterocycles. The second-order valence-corrected chi connectivity index (χ2v) is 5.68. The van der Waals surface area contributed by atoms with E-state index in [4.69, 9.17) is 0 Å². The maximum Gasteiger partial charge on any atom is 0.254 e. The van der Waals surface area contributed by atoms with Crippen LogP contribution in [0.3, 0.4) is 0 Å². The topological polar surface area (TPSA) is 39.3 Å². The van der Waals surface area contributed by atoms with Crippen LogP contribution >= 0.6 is 0 Å². The Balaban J connectivity index is 1.63. The number of hydrogen-bond acceptors (Lipinski definition) is 2. The molecule has 1 aliphatic rings. The number of carbonyl (C=O) groups is 1. The lowest BCUT2D eigenvalue weighted by Crippen LogP contribution is -2.48. The molecule has 2 heterocycles. The second-order valence-electron chi connectivity index (χ2n) is 5.68. The van der Waals surface area contributed by atoms with E-state index in [1.54, 1.807) is 6.20 Å². The minimum absolute atomic E-state index is 0.140. The molecular weight excluding hydrogens is 262 g/mol. The van der Waals surface area contributed by atoms with Crippen LogP contribution in [-0.2, 0) is 0 Å². The number of hydrogen-bond donors (Lipinski definition) is 1. The van der Waals surface area contributed by atoms with Crippen LogP contribution in [0, 0.1) is 6.07 Å². The summed E-state index contributed by atoms with van der Waals surface area (Å²) in [5.41, 5.74) is 1.74. The van der Waals surface area contributed by atoms with Crippen LogP contribution in [0.1, 0.15) is 30.1 Å². The van der Waals surface area contributed by atoms with Gasteiger partial charge in [-0.05, 0) is 25.1 Å². The Kier molecular flexibility index (Phi) is 4.25. The zero-order chi connectivity index (χ0) is 14.7. The van der Waals surface area contributed by atoms with Gasteiger partial charge in [-0.3, -0.25) is 9.69 Å². The highest BCUT2D eigenvalue weighted by Gasteiger charge is 2.21. The predicted molar refractivity (Wildman–Crippen MR) is 84.4 cm³/mol. The van der Waals surface area contributed by atoms with Crippen molar-refractivity contribution in [2.75, 3.05) is 32.7 Å². The lowest BCUT2D eigenvalue weighted by Gasteiger charge is -2.34. The first-order valence-electron chi connectivity index (χ1n) is 7.78. The maximum atomic E-state index is 12.6. The van der Waals surface area contributed by atoms with E-state index in [0.29, 0.717) is 0 Å². The second kappa shape index (κ2) is 6.31. The van der Waals surface area contributed by atoms with Crippen molar-refractivity contribution in [1.29, 1.82) is 0 Å².